The van der Waals surface area contributed by atoms with Crippen molar-refractivity contribution in [3.05, 3.63) is 29.3 Å². The third-order valence-electron chi connectivity index (χ3n) is 3.12. The lowest BCUT2D eigenvalue weighted by atomic mass is 10.1. The van der Waals surface area contributed by atoms with Crippen molar-refractivity contribution in [3.63, 3.8) is 0 Å². The molecule has 1 fully saturated rings. The predicted octanol–water partition coefficient (Wildman–Crippen LogP) is 2.63. The molecular weight excluding hydrogens is 172 g/mol. The van der Waals surface area contributed by atoms with E-state index in [2.05, 4.69) is 30.0 Å². The average Bonchev–Trinajstić information content (AvgIpc) is 2.62. The van der Waals surface area contributed by atoms with Gasteiger partial charge in [0.1, 0.15) is 5.84 Å². The number of fused-ring (bicyclic) bond motifs is 2. The molecule has 0 N–H and O–H groups in total. The van der Waals surface area contributed by atoms with Gasteiger partial charge in [-0.3, -0.25) is 0 Å². The minimum atomic E-state index is 1.07. The van der Waals surface area contributed by atoms with Gasteiger partial charge in [0.15, 0.2) is 0 Å². The van der Waals surface area contributed by atoms with E-state index in [1.807, 2.05) is 0 Å². The van der Waals surface area contributed by atoms with Crippen LogP contribution in [0.15, 0.2) is 23.2 Å². The average molecular weight is 186 g/mol. The van der Waals surface area contributed by atoms with Gasteiger partial charge in [0.05, 0.1) is 5.69 Å². The zero-order valence-corrected chi connectivity index (χ0v) is 8.45. The summed E-state index contributed by atoms with van der Waals surface area (Å²) in [5.74, 6) is 1.30. The molecular formula is C12H14N2. The first kappa shape index (κ1) is 8.04. The molecule has 1 saturated heterocycles. The maximum atomic E-state index is 4.75. The van der Waals surface area contributed by atoms with Gasteiger partial charge in [0.2, 0.25) is 0 Å². The first-order valence-corrected chi connectivity index (χ1v) is 5.25. The molecule has 2 aliphatic heterocycles. The summed E-state index contributed by atoms with van der Waals surface area (Å²) >= 11 is 0. The number of aryl methyl sites for hydroxylation is 1. The molecule has 0 saturated carbocycles. The van der Waals surface area contributed by atoms with Gasteiger partial charge >= 0.3 is 0 Å². The van der Waals surface area contributed by atoms with E-state index in [1.54, 1.807) is 0 Å². The van der Waals surface area contributed by atoms with E-state index < -0.39 is 0 Å². The SMILES string of the molecule is Cc1cccc2c1N=C1CCCN1C2. The van der Waals surface area contributed by atoms with Crippen molar-refractivity contribution in [2.45, 2.75) is 26.3 Å². The zero-order chi connectivity index (χ0) is 9.54. The van der Waals surface area contributed by atoms with E-state index in [0.29, 0.717) is 0 Å². The highest BCUT2D eigenvalue weighted by molar-refractivity contribution is 5.89. The standard InChI is InChI=1S/C12H14N2/c1-9-4-2-5-10-8-14-7-3-6-11(14)13-12(9)10/h2,4-5H,3,6-8H2,1H3. The van der Waals surface area contributed by atoms with Crippen LogP contribution in [0.3, 0.4) is 0 Å². The number of benzene rings is 1. The monoisotopic (exact) mass is 186 g/mol. The van der Waals surface area contributed by atoms with Gasteiger partial charge in [-0.1, -0.05) is 18.2 Å². The van der Waals surface area contributed by atoms with E-state index >= 15 is 0 Å². The Bertz CT molecular complexity index is 407. The molecule has 0 aliphatic carbocycles. The molecule has 1 aromatic carbocycles. The number of aliphatic imine (C=N–C) groups is 1. The van der Waals surface area contributed by atoms with Crippen molar-refractivity contribution in [1.82, 2.24) is 4.90 Å². The van der Waals surface area contributed by atoms with Crippen molar-refractivity contribution in [2.75, 3.05) is 6.54 Å². The van der Waals surface area contributed by atoms with Crippen LogP contribution in [-0.4, -0.2) is 17.3 Å². The Morgan fingerprint density at radius 3 is 3.21 bits per heavy atom. The molecule has 2 nitrogen and oxygen atoms in total. The predicted molar refractivity (Wildman–Crippen MR) is 57.9 cm³/mol. The van der Waals surface area contributed by atoms with Crippen molar-refractivity contribution < 1.29 is 0 Å². The largest absolute Gasteiger partial charge is 0.356 e. The van der Waals surface area contributed by atoms with Gasteiger partial charge in [-0.15, -0.1) is 0 Å². The summed E-state index contributed by atoms with van der Waals surface area (Å²) in [6.07, 6.45) is 2.43. The van der Waals surface area contributed by atoms with Crippen LogP contribution < -0.4 is 0 Å². The molecule has 0 amide bonds. The number of para-hydroxylation sites is 1. The van der Waals surface area contributed by atoms with Crippen molar-refractivity contribution >= 4 is 11.5 Å². The second-order valence-electron chi connectivity index (χ2n) is 4.14. The van der Waals surface area contributed by atoms with Crippen molar-refractivity contribution in [2.24, 2.45) is 4.99 Å². The summed E-state index contributed by atoms with van der Waals surface area (Å²) in [5, 5.41) is 0. The van der Waals surface area contributed by atoms with Crippen LogP contribution in [0.25, 0.3) is 0 Å². The van der Waals surface area contributed by atoms with Crippen LogP contribution in [-0.2, 0) is 6.54 Å². The molecule has 1 aromatic rings. The number of nitrogens with zero attached hydrogens (tertiary/aromatic N) is 2. The highest BCUT2D eigenvalue weighted by Gasteiger charge is 2.24. The summed E-state index contributed by atoms with van der Waals surface area (Å²) in [6.45, 7) is 4.40. The fourth-order valence-electron chi connectivity index (χ4n) is 2.35. The van der Waals surface area contributed by atoms with E-state index in [0.717, 1.165) is 13.0 Å². The minimum Gasteiger partial charge on any atom is -0.356 e. The summed E-state index contributed by atoms with van der Waals surface area (Å²) in [4.78, 5) is 7.15. The molecule has 3 rings (SSSR count). The first-order valence-electron chi connectivity index (χ1n) is 5.25. The third kappa shape index (κ3) is 1.07. The van der Waals surface area contributed by atoms with Crippen LogP contribution in [0.5, 0.6) is 0 Å². The molecule has 0 unspecified atom stereocenters. The van der Waals surface area contributed by atoms with Crippen molar-refractivity contribution in [1.29, 1.82) is 0 Å². The second kappa shape index (κ2) is 2.84. The lowest BCUT2D eigenvalue weighted by Crippen LogP contribution is -2.26. The van der Waals surface area contributed by atoms with E-state index in [1.165, 1.54) is 35.6 Å². The maximum Gasteiger partial charge on any atom is 0.105 e. The highest BCUT2D eigenvalue weighted by atomic mass is 15.2. The van der Waals surface area contributed by atoms with Crippen LogP contribution in [0, 0.1) is 6.92 Å². The Hall–Kier alpha value is -1.31. The highest BCUT2D eigenvalue weighted by Crippen LogP contribution is 2.32. The zero-order valence-electron chi connectivity index (χ0n) is 8.45. The van der Waals surface area contributed by atoms with Gasteiger partial charge < -0.3 is 4.90 Å². The molecule has 0 bridgehead atoms. The lowest BCUT2D eigenvalue weighted by molar-refractivity contribution is 0.443. The smallest absolute Gasteiger partial charge is 0.105 e. The molecule has 0 radical (unpaired) electrons. The van der Waals surface area contributed by atoms with E-state index in [9.17, 15) is 0 Å². The fourth-order valence-corrected chi connectivity index (χ4v) is 2.35. The summed E-state index contributed by atoms with van der Waals surface area (Å²) in [7, 11) is 0. The summed E-state index contributed by atoms with van der Waals surface area (Å²) < 4.78 is 0. The Morgan fingerprint density at radius 1 is 1.36 bits per heavy atom. The number of rotatable bonds is 0. The molecule has 2 heterocycles. The fraction of sp³-hybridized carbons (Fsp3) is 0.417. The summed E-state index contributed by atoms with van der Waals surface area (Å²) in [5.41, 5.74) is 3.91. The van der Waals surface area contributed by atoms with Gasteiger partial charge in [-0.05, 0) is 24.5 Å². The topological polar surface area (TPSA) is 15.6 Å². The van der Waals surface area contributed by atoms with E-state index in [-0.39, 0.29) is 0 Å². The number of hydrogen-bond acceptors (Lipinski definition) is 2. The van der Waals surface area contributed by atoms with Gasteiger partial charge in [0, 0.05) is 19.5 Å². The maximum absolute atomic E-state index is 4.75. The lowest BCUT2D eigenvalue weighted by Gasteiger charge is -2.25. The van der Waals surface area contributed by atoms with Crippen LogP contribution in [0.1, 0.15) is 24.0 Å². The van der Waals surface area contributed by atoms with Crippen LogP contribution in [0.4, 0.5) is 5.69 Å². The molecule has 0 aromatic heterocycles. The molecule has 0 atom stereocenters. The quantitative estimate of drug-likeness (QED) is 0.608. The van der Waals surface area contributed by atoms with Crippen LogP contribution in [0.2, 0.25) is 0 Å². The van der Waals surface area contributed by atoms with Crippen LogP contribution >= 0.6 is 0 Å². The van der Waals surface area contributed by atoms with Crippen molar-refractivity contribution in [3.8, 4) is 0 Å². The molecule has 2 heteroatoms. The summed E-state index contributed by atoms with van der Waals surface area (Å²) in [6, 6.07) is 6.47. The Morgan fingerprint density at radius 2 is 2.29 bits per heavy atom. The molecule has 14 heavy (non-hydrogen) atoms. The minimum absolute atomic E-state index is 1.07. The molecule has 72 valence electrons. The molecule has 0 spiro atoms. The number of amidine groups is 1. The molecule has 2 aliphatic rings. The normalized spacial score (nSPS) is 18.9. The second-order valence-corrected chi connectivity index (χ2v) is 4.14. The Labute approximate surface area is 84.3 Å². The first-order chi connectivity index (χ1) is 6.84. The van der Waals surface area contributed by atoms with Gasteiger partial charge in [-0.25, -0.2) is 4.99 Å². The van der Waals surface area contributed by atoms with E-state index in [4.69, 9.17) is 4.99 Å². The van der Waals surface area contributed by atoms with Gasteiger partial charge in [0.25, 0.3) is 0 Å². The number of hydrogen-bond donors (Lipinski definition) is 0. The Balaban J connectivity index is 2.14. The Kier molecular flexibility index (Phi) is 1.63. The van der Waals surface area contributed by atoms with Gasteiger partial charge in [-0.2, -0.15) is 0 Å². The third-order valence-corrected chi connectivity index (χ3v) is 3.12.